The van der Waals surface area contributed by atoms with Crippen molar-refractivity contribution < 1.29 is 18.0 Å². The topological polar surface area (TPSA) is 36.4 Å². The molecule has 4 rings (SSSR count). The van der Waals surface area contributed by atoms with Crippen LogP contribution in [-0.4, -0.2) is 43.1 Å². The second kappa shape index (κ2) is 7.14. The fourth-order valence-corrected chi connectivity index (χ4v) is 3.53. The number of halogens is 3. The number of anilines is 2. The summed E-state index contributed by atoms with van der Waals surface area (Å²) in [7, 11) is 0. The number of alkyl halides is 3. The molecule has 0 unspecified atom stereocenters. The number of carbonyl (C=O) groups excluding carboxylic acids is 1. The van der Waals surface area contributed by atoms with Crippen LogP contribution in [0.15, 0.2) is 60.8 Å². The van der Waals surface area contributed by atoms with Crippen molar-refractivity contribution in [3.05, 3.63) is 66.4 Å². The number of benzene rings is 2. The van der Waals surface area contributed by atoms with Gasteiger partial charge in [0.2, 0.25) is 0 Å². The van der Waals surface area contributed by atoms with Crippen molar-refractivity contribution in [3.63, 3.8) is 0 Å². The number of hydrogen-bond donors (Lipinski definition) is 0. The molecule has 0 bridgehead atoms. The molecule has 2 heterocycles. The number of carbonyl (C=O) groups is 1. The number of nitrogens with zero attached hydrogens (tertiary/aromatic N) is 3. The monoisotopic (exact) mass is 385 g/mol. The fraction of sp³-hybridized carbons (Fsp3) is 0.238. The number of hydrogen-bond acceptors (Lipinski definition) is 4. The van der Waals surface area contributed by atoms with Crippen molar-refractivity contribution in [2.45, 2.75) is 6.18 Å². The first-order chi connectivity index (χ1) is 13.4. The van der Waals surface area contributed by atoms with Crippen LogP contribution in [0.4, 0.5) is 24.7 Å². The zero-order chi connectivity index (χ0) is 19.7. The molecule has 2 aromatic carbocycles. The number of fused-ring (bicyclic) bond motifs is 1. The summed E-state index contributed by atoms with van der Waals surface area (Å²) in [6, 6.07) is 17.1. The lowest BCUT2D eigenvalue weighted by atomic mass is 10.1. The third kappa shape index (κ3) is 3.52. The molecule has 1 aromatic heterocycles. The van der Waals surface area contributed by atoms with Gasteiger partial charge in [-0.05, 0) is 23.6 Å². The minimum Gasteiger partial charge on any atom is -0.367 e. The molecule has 0 radical (unpaired) electrons. The van der Waals surface area contributed by atoms with E-state index in [0.717, 1.165) is 19.3 Å². The summed E-state index contributed by atoms with van der Waals surface area (Å²) in [5.74, 6) is -1.29. The van der Waals surface area contributed by atoms with Crippen LogP contribution in [0.2, 0.25) is 0 Å². The highest BCUT2D eigenvalue weighted by Gasteiger charge is 2.39. The van der Waals surface area contributed by atoms with E-state index in [0.29, 0.717) is 18.9 Å². The van der Waals surface area contributed by atoms with Gasteiger partial charge in [0.1, 0.15) is 5.82 Å². The van der Waals surface area contributed by atoms with Crippen LogP contribution in [0.3, 0.4) is 0 Å². The van der Waals surface area contributed by atoms with Crippen molar-refractivity contribution in [2.24, 2.45) is 0 Å². The summed E-state index contributed by atoms with van der Waals surface area (Å²) in [5.41, 5.74) is 0.738. The van der Waals surface area contributed by atoms with Gasteiger partial charge in [0.25, 0.3) is 5.78 Å². The van der Waals surface area contributed by atoms with Gasteiger partial charge in [0, 0.05) is 49.0 Å². The van der Waals surface area contributed by atoms with Gasteiger partial charge in [-0.15, -0.1) is 0 Å². The minimum atomic E-state index is -4.88. The average molecular weight is 385 g/mol. The highest BCUT2D eigenvalue weighted by atomic mass is 19.4. The molecule has 0 spiro atoms. The Kier molecular flexibility index (Phi) is 4.66. The lowest BCUT2D eigenvalue weighted by Gasteiger charge is -2.37. The largest absolute Gasteiger partial charge is 0.454 e. The van der Waals surface area contributed by atoms with Gasteiger partial charge in [-0.2, -0.15) is 13.2 Å². The summed E-state index contributed by atoms with van der Waals surface area (Å²) in [6.45, 7) is 2.95. The lowest BCUT2D eigenvalue weighted by Crippen LogP contribution is -2.46. The number of rotatable bonds is 3. The van der Waals surface area contributed by atoms with Crippen molar-refractivity contribution >= 4 is 28.1 Å². The molecule has 0 atom stereocenters. The van der Waals surface area contributed by atoms with Gasteiger partial charge in [0.05, 0.1) is 0 Å². The molecule has 4 nitrogen and oxygen atoms in total. The maximum absolute atomic E-state index is 12.5. The van der Waals surface area contributed by atoms with E-state index >= 15 is 0 Å². The SMILES string of the molecule is O=C(c1ccc(N2CCN(c3cccc4ccccc34)CC2)nc1)C(F)(F)F. The molecule has 0 amide bonds. The Balaban J connectivity index is 1.46. The summed E-state index contributed by atoms with van der Waals surface area (Å²) >= 11 is 0. The molecular formula is C21H18F3N3O. The fourth-order valence-electron chi connectivity index (χ4n) is 3.53. The molecule has 7 heteroatoms. The van der Waals surface area contributed by atoms with Crippen LogP contribution in [0, 0.1) is 0 Å². The molecule has 1 saturated heterocycles. The number of aromatic nitrogens is 1. The predicted octanol–water partition coefficient (Wildman–Crippen LogP) is 4.31. The first-order valence-electron chi connectivity index (χ1n) is 8.99. The van der Waals surface area contributed by atoms with Crippen molar-refractivity contribution in [1.29, 1.82) is 0 Å². The smallest absolute Gasteiger partial charge is 0.367 e. The van der Waals surface area contributed by atoms with E-state index in [1.165, 1.54) is 28.6 Å². The quantitative estimate of drug-likeness (QED) is 0.630. The number of ketones is 1. The van der Waals surface area contributed by atoms with Gasteiger partial charge in [-0.3, -0.25) is 4.79 Å². The Morgan fingerprint density at radius 2 is 1.54 bits per heavy atom. The zero-order valence-electron chi connectivity index (χ0n) is 15.0. The van der Waals surface area contributed by atoms with E-state index in [1.807, 2.05) is 23.1 Å². The molecule has 28 heavy (non-hydrogen) atoms. The lowest BCUT2D eigenvalue weighted by molar-refractivity contribution is -0.0885. The second-order valence-corrected chi connectivity index (χ2v) is 6.70. The van der Waals surface area contributed by atoms with E-state index in [2.05, 4.69) is 34.1 Å². The molecule has 3 aromatic rings. The van der Waals surface area contributed by atoms with E-state index in [-0.39, 0.29) is 0 Å². The van der Waals surface area contributed by atoms with E-state index < -0.39 is 17.5 Å². The molecule has 1 fully saturated rings. The third-order valence-electron chi connectivity index (χ3n) is 4.98. The van der Waals surface area contributed by atoms with Crippen LogP contribution in [0.1, 0.15) is 10.4 Å². The average Bonchev–Trinajstić information content (AvgIpc) is 2.72. The summed E-state index contributed by atoms with van der Waals surface area (Å²) in [5, 5.41) is 2.39. The van der Waals surface area contributed by atoms with Crippen LogP contribution in [-0.2, 0) is 0 Å². The second-order valence-electron chi connectivity index (χ2n) is 6.70. The van der Waals surface area contributed by atoms with Crippen LogP contribution in [0.25, 0.3) is 10.8 Å². The zero-order valence-corrected chi connectivity index (χ0v) is 15.0. The maximum atomic E-state index is 12.5. The molecular weight excluding hydrogens is 367 g/mol. The predicted molar refractivity (Wildman–Crippen MR) is 103 cm³/mol. The van der Waals surface area contributed by atoms with Crippen molar-refractivity contribution in [2.75, 3.05) is 36.0 Å². The van der Waals surface area contributed by atoms with Crippen LogP contribution >= 0.6 is 0 Å². The molecule has 1 aliphatic rings. The summed E-state index contributed by atoms with van der Waals surface area (Å²) in [6.07, 6.45) is -3.88. The maximum Gasteiger partial charge on any atom is 0.454 e. The Labute approximate surface area is 160 Å². The van der Waals surface area contributed by atoms with Gasteiger partial charge in [0.15, 0.2) is 0 Å². The van der Waals surface area contributed by atoms with E-state index in [1.54, 1.807) is 0 Å². The number of pyridine rings is 1. The van der Waals surface area contributed by atoms with Crippen LogP contribution in [0.5, 0.6) is 0 Å². The molecule has 144 valence electrons. The molecule has 0 saturated carbocycles. The highest BCUT2D eigenvalue weighted by Crippen LogP contribution is 2.28. The Morgan fingerprint density at radius 3 is 2.21 bits per heavy atom. The summed E-state index contributed by atoms with van der Waals surface area (Å²) < 4.78 is 37.5. The first kappa shape index (κ1) is 18.3. The Morgan fingerprint density at radius 1 is 0.857 bits per heavy atom. The number of Topliss-reactive ketones (excluding diaryl/α,β-unsaturated/α-hetero) is 1. The van der Waals surface area contributed by atoms with E-state index in [9.17, 15) is 18.0 Å². The van der Waals surface area contributed by atoms with Crippen LogP contribution < -0.4 is 9.80 Å². The third-order valence-corrected chi connectivity index (χ3v) is 4.98. The standard InChI is InChI=1S/C21H18F3N3O/c22-21(23,24)20(28)16-8-9-19(25-14-16)27-12-10-26(11-13-27)18-7-3-5-15-4-1-2-6-17(15)18/h1-9,14H,10-13H2. The van der Waals surface area contributed by atoms with E-state index in [4.69, 9.17) is 0 Å². The van der Waals surface area contributed by atoms with Crippen molar-refractivity contribution in [1.82, 2.24) is 4.98 Å². The highest BCUT2D eigenvalue weighted by molar-refractivity contribution is 6.00. The molecule has 0 aliphatic carbocycles. The van der Waals surface area contributed by atoms with Crippen molar-refractivity contribution in [3.8, 4) is 0 Å². The Hall–Kier alpha value is -3.09. The summed E-state index contributed by atoms with van der Waals surface area (Å²) in [4.78, 5) is 19.7. The van der Waals surface area contributed by atoms with Gasteiger partial charge in [-0.1, -0.05) is 36.4 Å². The Bertz CT molecular complexity index is 988. The van der Waals surface area contributed by atoms with Gasteiger partial charge in [-0.25, -0.2) is 4.98 Å². The van der Waals surface area contributed by atoms with Gasteiger partial charge < -0.3 is 9.80 Å². The number of piperazine rings is 1. The normalized spacial score (nSPS) is 15.1. The molecule has 1 aliphatic heterocycles. The molecule has 0 N–H and O–H groups in total. The minimum absolute atomic E-state index is 0.439. The van der Waals surface area contributed by atoms with Gasteiger partial charge >= 0.3 is 6.18 Å². The first-order valence-corrected chi connectivity index (χ1v) is 8.99.